The smallest absolute Gasteiger partial charge is 0.320 e. The molecule has 0 radical (unpaired) electrons. The van der Waals surface area contributed by atoms with Crippen LogP contribution in [0.4, 0.5) is 0 Å². The average molecular weight is 232 g/mol. The van der Waals surface area contributed by atoms with Gasteiger partial charge >= 0.3 is 5.97 Å². The van der Waals surface area contributed by atoms with E-state index >= 15 is 0 Å². The van der Waals surface area contributed by atoms with Gasteiger partial charge in [0.25, 0.3) is 0 Å². The van der Waals surface area contributed by atoms with Gasteiger partial charge in [0, 0.05) is 30.1 Å². The zero-order valence-electron chi connectivity index (χ0n) is 9.76. The second-order valence-corrected chi connectivity index (χ2v) is 4.11. The first-order valence-electron chi connectivity index (χ1n) is 5.68. The lowest BCUT2D eigenvalue weighted by Crippen LogP contribution is -2.32. The van der Waals surface area contributed by atoms with Crippen LogP contribution in [0, 0.1) is 0 Å². The van der Waals surface area contributed by atoms with E-state index in [1.54, 1.807) is 0 Å². The molecule has 3 N–H and O–H groups in total. The molecule has 4 heteroatoms. The van der Waals surface area contributed by atoms with E-state index in [1.165, 1.54) is 0 Å². The second-order valence-electron chi connectivity index (χ2n) is 4.11. The second kappa shape index (κ2) is 4.59. The van der Waals surface area contributed by atoms with Crippen molar-refractivity contribution in [2.75, 3.05) is 0 Å². The molecule has 4 nitrogen and oxygen atoms in total. The van der Waals surface area contributed by atoms with Gasteiger partial charge in [-0.25, -0.2) is 0 Å². The van der Waals surface area contributed by atoms with Crippen LogP contribution in [0.1, 0.15) is 12.5 Å². The third-order valence-corrected chi connectivity index (χ3v) is 2.97. The van der Waals surface area contributed by atoms with Crippen LogP contribution in [0.3, 0.4) is 0 Å². The first kappa shape index (κ1) is 11.7. The predicted molar refractivity (Wildman–Crippen MR) is 66.9 cm³/mol. The summed E-state index contributed by atoms with van der Waals surface area (Å²) in [6.07, 6.45) is 2.36. The quantitative estimate of drug-likeness (QED) is 0.841. The highest BCUT2D eigenvalue weighted by Crippen LogP contribution is 2.22. The van der Waals surface area contributed by atoms with Gasteiger partial charge in [-0.2, -0.15) is 0 Å². The van der Waals surface area contributed by atoms with Gasteiger partial charge in [-0.3, -0.25) is 4.79 Å². The summed E-state index contributed by atoms with van der Waals surface area (Å²) in [6.45, 7) is 2.93. The van der Waals surface area contributed by atoms with E-state index in [4.69, 9.17) is 10.8 Å². The standard InChI is InChI=1S/C13H16N2O2/c1-2-15-8-9(7-11(14)13(16)17)10-5-3-4-6-12(10)15/h3-6,8,11H,2,7,14H2,1H3,(H,16,17). The van der Waals surface area contributed by atoms with Gasteiger partial charge in [0.15, 0.2) is 0 Å². The fourth-order valence-electron chi connectivity index (χ4n) is 2.07. The Morgan fingerprint density at radius 3 is 2.82 bits per heavy atom. The van der Waals surface area contributed by atoms with Crippen molar-refractivity contribution < 1.29 is 9.90 Å². The molecule has 0 aliphatic heterocycles. The number of nitrogens with two attached hydrogens (primary N) is 1. The summed E-state index contributed by atoms with van der Waals surface area (Å²) >= 11 is 0. The van der Waals surface area contributed by atoms with Crippen LogP contribution in [0.5, 0.6) is 0 Å². The summed E-state index contributed by atoms with van der Waals surface area (Å²) in [4.78, 5) is 10.8. The van der Waals surface area contributed by atoms with Gasteiger partial charge in [0.05, 0.1) is 0 Å². The minimum Gasteiger partial charge on any atom is -0.480 e. The van der Waals surface area contributed by atoms with Crippen LogP contribution in [0.2, 0.25) is 0 Å². The molecule has 17 heavy (non-hydrogen) atoms. The predicted octanol–water partition coefficient (Wildman–Crippen LogP) is 1.62. The molecular formula is C13H16N2O2. The van der Waals surface area contributed by atoms with Crippen LogP contribution >= 0.6 is 0 Å². The van der Waals surface area contributed by atoms with Crippen molar-refractivity contribution in [2.45, 2.75) is 25.9 Å². The molecule has 2 rings (SSSR count). The highest BCUT2D eigenvalue weighted by Gasteiger charge is 2.15. The minimum absolute atomic E-state index is 0.364. The van der Waals surface area contributed by atoms with Gasteiger partial charge in [0.1, 0.15) is 6.04 Å². The Labute approximate surface area is 99.7 Å². The summed E-state index contributed by atoms with van der Waals surface area (Å²) in [6, 6.07) is 7.14. The molecule has 0 spiro atoms. The number of hydrogen-bond acceptors (Lipinski definition) is 2. The molecule has 0 fully saturated rings. The van der Waals surface area contributed by atoms with E-state index in [-0.39, 0.29) is 0 Å². The third kappa shape index (κ3) is 2.17. The van der Waals surface area contributed by atoms with Crippen molar-refractivity contribution in [1.29, 1.82) is 0 Å². The van der Waals surface area contributed by atoms with E-state index in [2.05, 4.69) is 11.5 Å². The van der Waals surface area contributed by atoms with Crippen molar-refractivity contribution >= 4 is 16.9 Å². The number of carboxylic acid groups (broad SMARTS) is 1. The number of aryl methyl sites for hydroxylation is 1. The molecule has 1 heterocycles. The SMILES string of the molecule is CCn1cc(CC(N)C(=O)O)c2ccccc21. The number of carbonyl (C=O) groups is 1. The number of para-hydroxylation sites is 1. The topological polar surface area (TPSA) is 68.2 Å². The molecule has 1 unspecified atom stereocenters. The average Bonchev–Trinajstić information content (AvgIpc) is 2.68. The molecule has 1 aromatic heterocycles. The Hall–Kier alpha value is -1.81. The molecule has 1 aromatic carbocycles. The zero-order valence-corrected chi connectivity index (χ0v) is 9.76. The Bertz CT molecular complexity index is 545. The van der Waals surface area contributed by atoms with Crippen LogP contribution in [-0.4, -0.2) is 21.7 Å². The summed E-state index contributed by atoms with van der Waals surface area (Å²) in [5, 5.41) is 9.94. The van der Waals surface area contributed by atoms with E-state index in [0.717, 1.165) is 23.0 Å². The molecule has 0 amide bonds. The Morgan fingerprint density at radius 2 is 2.18 bits per heavy atom. The highest BCUT2D eigenvalue weighted by atomic mass is 16.4. The van der Waals surface area contributed by atoms with Gasteiger partial charge < -0.3 is 15.4 Å². The Morgan fingerprint density at radius 1 is 1.47 bits per heavy atom. The lowest BCUT2D eigenvalue weighted by atomic mass is 10.1. The van der Waals surface area contributed by atoms with Crippen molar-refractivity contribution in [1.82, 2.24) is 4.57 Å². The van der Waals surface area contributed by atoms with E-state index in [1.807, 2.05) is 30.5 Å². The van der Waals surface area contributed by atoms with E-state index < -0.39 is 12.0 Å². The number of rotatable bonds is 4. The largest absolute Gasteiger partial charge is 0.480 e. The van der Waals surface area contributed by atoms with Crippen LogP contribution < -0.4 is 5.73 Å². The number of carboxylic acids is 1. The van der Waals surface area contributed by atoms with E-state index in [0.29, 0.717) is 6.42 Å². The first-order valence-corrected chi connectivity index (χ1v) is 5.68. The maximum atomic E-state index is 10.8. The molecule has 0 aliphatic carbocycles. The van der Waals surface area contributed by atoms with E-state index in [9.17, 15) is 4.79 Å². The Balaban J connectivity index is 2.44. The van der Waals surface area contributed by atoms with Gasteiger partial charge in [-0.15, -0.1) is 0 Å². The van der Waals surface area contributed by atoms with Crippen molar-refractivity contribution in [2.24, 2.45) is 5.73 Å². The van der Waals surface area contributed by atoms with Crippen LogP contribution in [0.15, 0.2) is 30.5 Å². The number of benzene rings is 1. The fraction of sp³-hybridized carbons (Fsp3) is 0.308. The minimum atomic E-state index is -0.960. The zero-order chi connectivity index (χ0) is 12.4. The monoisotopic (exact) mass is 232 g/mol. The van der Waals surface area contributed by atoms with Gasteiger partial charge in [-0.05, 0) is 18.6 Å². The number of nitrogens with zero attached hydrogens (tertiary/aromatic N) is 1. The van der Waals surface area contributed by atoms with Gasteiger partial charge in [0.2, 0.25) is 0 Å². The lowest BCUT2D eigenvalue weighted by Gasteiger charge is -2.04. The van der Waals surface area contributed by atoms with Gasteiger partial charge in [-0.1, -0.05) is 18.2 Å². The number of hydrogen-bond donors (Lipinski definition) is 2. The lowest BCUT2D eigenvalue weighted by molar-refractivity contribution is -0.138. The van der Waals surface area contributed by atoms with Crippen molar-refractivity contribution in [3.05, 3.63) is 36.0 Å². The Kier molecular flexibility index (Phi) is 3.15. The summed E-state index contributed by atoms with van der Waals surface area (Å²) in [5.41, 5.74) is 7.71. The molecule has 0 saturated heterocycles. The highest BCUT2D eigenvalue weighted by molar-refractivity contribution is 5.85. The number of aliphatic carboxylic acids is 1. The number of aromatic nitrogens is 1. The summed E-state index contributed by atoms with van der Waals surface area (Å²) in [5.74, 6) is -0.960. The van der Waals surface area contributed by atoms with Crippen molar-refractivity contribution in [3.63, 3.8) is 0 Å². The maximum absolute atomic E-state index is 10.8. The van der Waals surface area contributed by atoms with Crippen LogP contribution in [0.25, 0.3) is 10.9 Å². The molecule has 0 bridgehead atoms. The molecule has 1 atom stereocenters. The van der Waals surface area contributed by atoms with Crippen LogP contribution in [-0.2, 0) is 17.8 Å². The summed E-state index contributed by atoms with van der Waals surface area (Å²) in [7, 11) is 0. The molecule has 2 aromatic rings. The van der Waals surface area contributed by atoms with Crippen molar-refractivity contribution in [3.8, 4) is 0 Å². The third-order valence-electron chi connectivity index (χ3n) is 2.97. The number of fused-ring (bicyclic) bond motifs is 1. The maximum Gasteiger partial charge on any atom is 0.320 e. The molecular weight excluding hydrogens is 216 g/mol. The normalized spacial score (nSPS) is 12.8. The molecule has 90 valence electrons. The fourth-order valence-corrected chi connectivity index (χ4v) is 2.07. The first-order chi connectivity index (χ1) is 8.13. The molecule has 0 saturated carbocycles. The molecule has 0 aliphatic rings. The summed E-state index contributed by atoms with van der Waals surface area (Å²) < 4.78 is 2.11.